The first-order valence-electron chi connectivity index (χ1n) is 9.66. The number of nitrogens with two attached hydrogens (primary N) is 2. The number of aromatic nitrogens is 3. The quantitative estimate of drug-likeness (QED) is 0.373. The first-order chi connectivity index (χ1) is 14.3. The molecule has 11 nitrogen and oxygen atoms in total. The molecular weight excluding hydrogens is 392 g/mol. The minimum Gasteiger partial charge on any atom is -0.443 e. The zero-order valence-electron chi connectivity index (χ0n) is 16.8. The van der Waals surface area contributed by atoms with Crippen LogP contribution in [0.25, 0.3) is 10.9 Å². The zero-order chi connectivity index (χ0) is 22.0. The number of ether oxygens (including phenoxy) is 1. The van der Waals surface area contributed by atoms with Crippen LogP contribution in [0.15, 0.2) is 23.0 Å². The maximum atomic E-state index is 12.9. The molecule has 160 valence electrons. The maximum Gasteiger partial charge on any atom is 0.324 e. The molecule has 1 saturated heterocycles. The van der Waals surface area contributed by atoms with E-state index in [9.17, 15) is 19.2 Å². The van der Waals surface area contributed by atoms with E-state index in [2.05, 4.69) is 10.3 Å². The molecule has 2 unspecified atom stereocenters. The number of nitrogens with zero attached hydrogens (tertiary/aromatic N) is 4. The molecule has 3 rings (SSSR count). The number of fused-ring (bicyclic) bond motifs is 1. The van der Waals surface area contributed by atoms with Crippen molar-refractivity contribution in [2.24, 2.45) is 11.7 Å². The van der Waals surface area contributed by atoms with E-state index in [1.165, 1.54) is 0 Å². The number of hydrogen-bond donors (Lipinski definition) is 2. The lowest BCUT2D eigenvalue weighted by atomic mass is 10.0. The molecule has 0 radical (unpaired) electrons. The van der Waals surface area contributed by atoms with E-state index in [-0.39, 0.29) is 29.8 Å². The highest BCUT2D eigenvalue weighted by atomic mass is 16.5. The molecule has 3 atom stereocenters. The monoisotopic (exact) mass is 416 g/mol. The molecular formula is C19H24N6O5. The highest BCUT2D eigenvalue weighted by Crippen LogP contribution is 2.23. The van der Waals surface area contributed by atoms with Gasteiger partial charge >= 0.3 is 5.97 Å². The summed E-state index contributed by atoms with van der Waals surface area (Å²) in [6, 6.07) is 2.85. The number of anilines is 1. The van der Waals surface area contributed by atoms with Crippen LogP contribution in [0.4, 0.5) is 5.69 Å². The average Bonchev–Trinajstić information content (AvgIpc) is 2.73. The Labute approximate surface area is 171 Å². The van der Waals surface area contributed by atoms with Gasteiger partial charge in [0.25, 0.3) is 11.5 Å². The number of benzene rings is 1. The van der Waals surface area contributed by atoms with E-state index in [0.717, 1.165) is 9.58 Å². The highest BCUT2D eigenvalue weighted by molar-refractivity contribution is 5.99. The average molecular weight is 416 g/mol. The minimum atomic E-state index is -1.06. The minimum absolute atomic E-state index is 0.0260. The normalized spacial score (nSPS) is 19.0. The Bertz CT molecular complexity index is 1050. The van der Waals surface area contributed by atoms with Gasteiger partial charge in [-0.1, -0.05) is 31.5 Å². The molecule has 1 aromatic heterocycles. The molecule has 1 aliphatic heterocycles. The number of esters is 1. The van der Waals surface area contributed by atoms with Crippen molar-refractivity contribution < 1.29 is 19.1 Å². The lowest BCUT2D eigenvalue weighted by molar-refractivity contribution is -0.164. The summed E-state index contributed by atoms with van der Waals surface area (Å²) >= 11 is 0. The van der Waals surface area contributed by atoms with Crippen molar-refractivity contribution >= 4 is 34.4 Å². The Morgan fingerprint density at radius 2 is 2.07 bits per heavy atom. The highest BCUT2D eigenvalue weighted by Gasteiger charge is 2.38. The third kappa shape index (κ3) is 3.88. The molecule has 4 N–H and O–H groups in total. The van der Waals surface area contributed by atoms with Gasteiger partial charge in [-0.3, -0.25) is 19.2 Å². The van der Waals surface area contributed by atoms with Crippen molar-refractivity contribution in [1.82, 2.24) is 19.9 Å². The fourth-order valence-electron chi connectivity index (χ4n) is 3.22. The van der Waals surface area contributed by atoms with Crippen molar-refractivity contribution in [3.63, 3.8) is 0 Å². The van der Waals surface area contributed by atoms with E-state index in [1.807, 2.05) is 6.92 Å². The topological polar surface area (TPSA) is 164 Å². The van der Waals surface area contributed by atoms with Gasteiger partial charge in [-0.2, -0.15) is 4.68 Å². The van der Waals surface area contributed by atoms with Crippen LogP contribution >= 0.6 is 0 Å². The standard InChI is InChI=1S/C19H24N6O5/c1-3-10(2)16(21)19(29)30-9-24-14(26)8-7-13(17(24)27)25-18(28)15-11(20)5-4-6-12(15)22-23-25/h4-6,10,13,16H,3,7-9,20-21H2,1-2H3/t10?,13?,16-/m0/s1. The number of carbonyl (C=O) groups excluding carboxylic acids is 3. The molecule has 1 fully saturated rings. The van der Waals surface area contributed by atoms with Crippen molar-refractivity contribution in [1.29, 1.82) is 0 Å². The lowest BCUT2D eigenvalue weighted by Gasteiger charge is -2.30. The van der Waals surface area contributed by atoms with Gasteiger partial charge < -0.3 is 16.2 Å². The van der Waals surface area contributed by atoms with Crippen LogP contribution in [0.2, 0.25) is 0 Å². The van der Waals surface area contributed by atoms with Gasteiger partial charge in [0.15, 0.2) is 6.73 Å². The molecule has 1 aliphatic rings. The van der Waals surface area contributed by atoms with Gasteiger partial charge in [-0.05, 0) is 24.5 Å². The lowest BCUT2D eigenvalue weighted by Crippen LogP contribution is -2.50. The second kappa shape index (κ2) is 8.57. The molecule has 2 heterocycles. The summed E-state index contributed by atoms with van der Waals surface area (Å²) in [7, 11) is 0. The van der Waals surface area contributed by atoms with E-state index in [4.69, 9.17) is 16.2 Å². The number of hydrogen-bond acceptors (Lipinski definition) is 9. The van der Waals surface area contributed by atoms with Crippen LogP contribution in [0.1, 0.15) is 39.2 Å². The van der Waals surface area contributed by atoms with Crippen molar-refractivity contribution in [2.45, 2.75) is 45.2 Å². The summed E-state index contributed by atoms with van der Waals surface area (Å²) in [6.07, 6.45) is 0.718. The number of likely N-dealkylation sites (tertiary alicyclic amines) is 1. The second-order valence-corrected chi connectivity index (χ2v) is 7.30. The van der Waals surface area contributed by atoms with E-state index >= 15 is 0 Å². The largest absolute Gasteiger partial charge is 0.443 e. The number of imide groups is 1. The fourth-order valence-corrected chi connectivity index (χ4v) is 3.22. The van der Waals surface area contributed by atoms with Crippen molar-refractivity contribution in [3.8, 4) is 0 Å². The van der Waals surface area contributed by atoms with E-state index in [1.54, 1.807) is 25.1 Å². The van der Waals surface area contributed by atoms with Crippen LogP contribution in [0, 0.1) is 5.92 Å². The Morgan fingerprint density at radius 1 is 1.33 bits per heavy atom. The van der Waals surface area contributed by atoms with E-state index < -0.39 is 42.2 Å². The predicted molar refractivity (Wildman–Crippen MR) is 107 cm³/mol. The summed E-state index contributed by atoms with van der Waals surface area (Å²) in [5, 5.41) is 7.96. The number of nitrogen functional groups attached to an aromatic ring is 1. The third-order valence-corrected chi connectivity index (χ3v) is 5.39. The van der Waals surface area contributed by atoms with Gasteiger partial charge in [0, 0.05) is 12.1 Å². The molecule has 30 heavy (non-hydrogen) atoms. The van der Waals surface area contributed by atoms with Gasteiger partial charge in [-0.25, -0.2) is 4.90 Å². The van der Waals surface area contributed by atoms with Gasteiger partial charge in [0.05, 0.1) is 5.39 Å². The van der Waals surface area contributed by atoms with Gasteiger partial charge in [0.2, 0.25) is 5.91 Å². The Kier molecular flexibility index (Phi) is 6.11. The molecule has 0 bridgehead atoms. The van der Waals surface area contributed by atoms with Gasteiger partial charge in [-0.15, -0.1) is 5.10 Å². The molecule has 2 aromatic rings. The summed E-state index contributed by atoms with van der Waals surface area (Å²) in [5.41, 5.74) is 11.6. The zero-order valence-corrected chi connectivity index (χ0v) is 16.8. The van der Waals surface area contributed by atoms with E-state index in [0.29, 0.717) is 11.9 Å². The predicted octanol–water partition coefficient (Wildman–Crippen LogP) is -0.0621. The van der Waals surface area contributed by atoms with Crippen molar-refractivity contribution in [2.75, 3.05) is 12.5 Å². The van der Waals surface area contributed by atoms with Crippen LogP contribution in [0.5, 0.6) is 0 Å². The van der Waals surface area contributed by atoms with Crippen LogP contribution in [-0.4, -0.2) is 50.5 Å². The Hall–Kier alpha value is -3.34. The summed E-state index contributed by atoms with van der Waals surface area (Å²) in [4.78, 5) is 50.9. The number of piperidine rings is 1. The molecule has 11 heteroatoms. The van der Waals surface area contributed by atoms with Crippen LogP contribution in [-0.2, 0) is 19.1 Å². The summed E-state index contributed by atoms with van der Waals surface area (Å²) in [6.45, 7) is 3.11. The molecule has 0 saturated carbocycles. The summed E-state index contributed by atoms with van der Waals surface area (Å²) in [5.74, 6) is -2.04. The van der Waals surface area contributed by atoms with Gasteiger partial charge in [0.1, 0.15) is 17.6 Å². The smallest absolute Gasteiger partial charge is 0.324 e. The Balaban J connectivity index is 1.83. The number of rotatable bonds is 6. The summed E-state index contributed by atoms with van der Waals surface area (Å²) < 4.78 is 6.01. The molecule has 0 spiro atoms. The molecule has 0 aliphatic carbocycles. The fraction of sp³-hybridized carbons (Fsp3) is 0.474. The second-order valence-electron chi connectivity index (χ2n) is 7.30. The van der Waals surface area contributed by atoms with Crippen molar-refractivity contribution in [3.05, 3.63) is 28.6 Å². The Morgan fingerprint density at radius 3 is 2.77 bits per heavy atom. The van der Waals surface area contributed by atoms with Crippen LogP contribution in [0.3, 0.4) is 0 Å². The number of amides is 2. The maximum absolute atomic E-state index is 12.9. The first-order valence-corrected chi connectivity index (χ1v) is 9.66. The SMILES string of the molecule is CCC(C)[C@H](N)C(=O)OCN1C(=O)CCC(n2nnc3cccc(N)c3c2=O)C1=O. The molecule has 1 aromatic carbocycles. The molecule has 2 amide bonds. The number of carbonyl (C=O) groups is 3. The van der Waals surface area contributed by atoms with Crippen LogP contribution < -0.4 is 17.0 Å². The third-order valence-electron chi connectivity index (χ3n) is 5.39. The first kappa shape index (κ1) is 21.4.